The molecule has 0 spiro atoms. The Morgan fingerprint density at radius 3 is 2.60 bits per heavy atom. The maximum absolute atomic E-state index is 13.4. The summed E-state index contributed by atoms with van der Waals surface area (Å²) in [5, 5.41) is 2.10. The first kappa shape index (κ1) is 22.3. The Labute approximate surface area is 183 Å². The van der Waals surface area contributed by atoms with Gasteiger partial charge < -0.3 is 14.5 Å². The van der Waals surface area contributed by atoms with Crippen molar-refractivity contribution in [1.29, 1.82) is 0 Å². The number of benzene rings is 1. The molecule has 0 saturated heterocycles. The molecular formula is C24H32N2O3S. The number of amides is 2. The Kier molecular flexibility index (Phi) is 7.91. The zero-order chi connectivity index (χ0) is 21.5. The molecular weight excluding hydrogens is 396 g/mol. The van der Waals surface area contributed by atoms with Crippen molar-refractivity contribution >= 4 is 23.2 Å². The number of carbonyl (C=O) groups excluding carboxylic acids is 2. The monoisotopic (exact) mass is 428 g/mol. The van der Waals surface area contributed by atoms with E-state index < -0.39 is 0 Å². The van der Waals surface area contributed by atoms with Crippen LogP contribution in [-0.2, 0) is 16.0 Å². The summed E-state index contributed by atoms with van der Waals surface area (Å²) in [6, 6.07) is 9.97. The molecule has 0 radical (unpaired) electrons. The summed E-state index contributed by atoms with van der Waals surface area (Å²) in [5.41, 5.74) is 2.27. The summed E-state index contributed by atoms with van der Waals surface area (Å²) in [6.45, 7) is 5.58. The minimum Gasteiger partial charge on any atom is -0.497 e. The number of hydrogen-bond acceptors (Lipinski definition) is 4. The van der Waals surface area contributed by atoms with E-state index in [1.165, 1.54) is 10.4 Å². The van der Waals surface area contributed by atoms with Crippen molar-refractivity contribution < 1.29 is 14.3 Å². The van der Waals surface area contributed by atoms with E-state index in [2.05, 4.69) is 18.4 Å². The molecule has 6 heteroatoms. The van der Waals surface area contributed by atoms with Gasteiger partial charge in [-0.2, -0.15) is 0 Å². The van der Waals surface area contributed by atoms with E-state index in [0.717, 1.165) is 37.0 Å². The first-order valence-corrected chi connectivity index (χ1v) is 11.7. The molecule has 1 atom stereocenters. The highest BCUT2D eigenvalue weighted by Gasteiger charge is 2.33. The highest BCUT2D eigenvalue weighted by atomic mass is 32.1. The summed E-state index contributed by atoms with van der Waals surface area (Å²) in [5.74, 6) is 0.899. The fraction of sp³-hybridized carbons (Fsp3) is 0.500. The highest BCUT2D eigenvalue weighted by Crippen LogP contribution is 2.38. The van der Waals surface area contributed by atoms with E-state index >= 15 is 0 Å². The molecule has 3 rings (SSSR count). The van der Waals surface area contributed by atoms with Crippen molar-refractivity contribution in [3.05, 3.63) is 51.7 Å². The molecule has 0 bridgehead atoms. The lowest BCUT2D eigenvalue weighted by Gasteiger charge is -2.37. The quantitative estimate of drug-likeness (QED) is 0.584. The summed E-state index contributed by atoms with van der Waals surface area (Å²) < 4.78 is 5.30. The third kappa shape index (κ3) is 5.04. The molecule has 0 fully saturated rings. The van der Waals surface area contributed by atoms with E-state index in [0.29, 0.717) is 19.5 Å². The Balaban J connectivity index is 1.85. The first-order valence-electron chi connectivity index (χ1n) is 10.9. The number of ether oxygens (including phenoxy) is 1. The highest BCUT2D eigenvalue weighted by molar-refractivity contribution is 7.10. The maximum Gasteiger partial charge on any atom is 0.242 e. The summed E-state index contributed by atoms with van der Waals surface area (Å²) in [6.07, 6.45) is 4.07. The van der Waals surface area contributed by atoms with Gasteiger partial charge in [-0.1, -0.05) is 32.4 Å². The van der Waals surface area contributed by atoms with Crippen LogP contribution in [0.2, 0.25) is 0 Å². The fourth-order valence-electron chi connectivity index (χ4n) is 4.00. The van der Waals surface area contributed by atoms with Crippen LogP contribution in [0.15, 0.2) is 35.7 Å². The van der Waals surface area contributed by atoms with Gasteiger partial charge in [0, 0.05) is 24.4 Å². The molecule has 5 nitrogen and oxygen atoms in total. The number of fused-ring (bicyclic) bond motifs is 1. The molecule has 2 amide bonds. The molecule has 2 aromatic rings. The second-order valence-electron chi connectivity index (χ2n) is 7.73. The Bertz CT molecular complexity index is 846. The van der Waals surface area contributed by atoms with Crippen LogP contribution in [0.3, 0.4) is 0 Å². The fourth-order valence-corrected chi connectivity index (χ4v) is 4.90. The van der Waals surface area contributed by atoms with E-state index in [9.17, 15) is 9.59 Å². The standard InChI is InChI=1S/C24H32N2O3S/c1-4-6-14-25(22(27)7-5-2)17-23(28)26-15-12-21-20(13-16-30-21)24(26)18-8-10-19(29-3)11-9-18/h8-11,13,16,24H,4-7,12,14-15,17H2,1-3H3. The van der Waals surface area contributed by atoms with E-state index in [1.807, 2.05) is 36.1 Å². The van der Waals surface area contributed by atoms with Crippen molar-refractivity contribution in [2.24, 2.45) is 0 Å². The minimum atomic E-state index is -0.118. The Morgan fingerprint density at radius 1 is 1.17 bits per heavy atom. The van der Waals surface area contributed by atoms with Gasteiger partial charge in [0.2, 0.25) is 11.8 Å². The lowest BCUT2D eigenvalue weighted by Crippen LogP contribution is -2.47. The SMILES string of the molecule is CCCCN(CC(=O)N1CCc2sccc2C1c1ccc(OC)cc1)C(=O)CCC. The number of thiophene rings is 1. The van der Waals surface area contributed by atoms with Crippen LogP contribution in [0.5, 0.6) is 5.75 Å². The van der Waals surface area contributed by atoms with Crippen molar-refractivity contribution in [3.63, 3.8) is 0 Å². The topological polar surface area (TPSA) is 49.9 Å². The third-order valence-corrected chi connectivity index (χ3v) is 6.64. The smallest absolute Gasteiger partial charge is 0.242 e. The van der Waals surface area contributed by atoms with E-state index in [4.69, 9.17) is 4.74 Å². The molecule has 1 aliphatic heterocycles. The van der Waals surface area contributed by atoms with Crippen molar-refractivity contribution in [2.45, 2.75) is 52.0 Å². The van der Waals surface area contributed by atoms with Crippen LogP contribution in [0.25, 0.3) is 0 Å². The predicted octanol–water partition coefficient (Wildman–Crippen LogP) is 4.66. The number of carbonyl (C=O) groups is 2. The van der Waals surface area contributed by atoms with Gasteiger partial charge in [-0.25, -0.2) is 0 Å². The lowest BCUT2D eigenvalue weighted by atomic mass is 9.93. The molecule has 1 aliphatic rings. The average molecular weight is 429 g/mol. The van der Waals surface area contributed by atoms with Gasteiger partial charge in [-0.05, 0) is 54.0 Å². The predicted molar refractivity (Wildman–Crippen MR) is 121 cm³/mol. The third-order valence-electron chi connectivity index (χ3n) is 5.64. The van der Waals surface area contributed by atoms with Crippen molar-refractivity contribution in [1.82, 2.24) is 9.80 Å². The molecule has 0 aliphatic carbocycles. The van der Waals surface area contributed by atoms with Crippen LogP contribution in [0, 0.1) is 0 Å². The number of unbranched alkanes of at least 4 members (excludes halogenated alkanes) is 1. The van der Waals surface area contributed by atoms with Gasteiger partial charge in [-0.15, -0.1) is 11.3 Å². The largest absolute Gasteiger partial charge is 0.497 e. The molecule has 162 valence electrons. The molecule has 1 unspecified atom stereocenters. The molecule has 1 aromatic heterocycles. The molecule has 0 N–H and O–H groups in total. The van der Waals surface area contributed by atoms with E-state index in [-0.39, 0.29) is 24.4 Å². The van der Waals surface area contributed by atoms with Crippen molar-refractivity contribution in [3.8, 4) is 5.75 Å². The van der Waals surface area contributed by atoms with Crippen LogP contribution in [0.4, 0.5) is 0 Å². The zero-order valence-corrected chi connectivity index (χ0v) is 19.0. The van der Waals surface area contributed by atoms with E-state index in [1.54, 1.807) is 23.3 Å². The number of nitrogens with zero attached hydrogens (tertiary/aromatic N) is 2. The number of hydrogen-bond donors (Lipinski definition) is 0. The van der Waals surface area contributed by atoms with Gasteiger partial charge in [0.15, 0.2) is 0 Å². The van der Waals surface area contributed by atoms with Gasteiger partial charge in [0.25, 0.3) is 0 Å². The van der Waals surface area contributed by atoms with Crippen LogP contribution in [0.1, 0.15) is 61.6 Å². The van der Waals surface area contributed by atoms with Gasteiger partial charge >= 0.3 is 0 Å². The first-order chi connectivity index (χ1) is 14.6. The van der Waals surface area contributed by atoms with Crippen molar-refractivity contribution in [2.75, 3.05) is 26.7 Å². The number of rotatable bonds is 9. The molecule has 0 saturated carbocycles. The average Bonchev–Trinajstić information content (AvgIpc) is 3.25. The summed E-state index contributed by atoms with van der Waals surface area (Å²) >= 11 is 1.75. The van der Waals surface area contributed by atoms with Gasteiger partial charge in [0.1, 0.15) is 5.75 Å². The molecule has 1 aromatic carbocycles. The Morgan fingerprint density at radius 2 is 1.93 bits per heavy atom. The minimum absolute atomic E-state index is 0.0215. The Hall–Kier alpha value is -2.34. The molecule has 30 heavy (non-hydrogen) atoms. The van der Waals surface area contributed by atoms with Crippen LogP contribution in [-0.4, -0.2) is 48.4 Å². The van der Waals surface area contributed by atoms with Gasteiger partial charge in [0.05, 0.1) is 19.7 Å². The second kappa shape index (κ2) is 10.6. The maximum atomic E-state index is 13.4. The number of methoxy groups -OCH3 is 1. The summed E-state index contributed by atoms with van der Waals surface area (Å²) in [7, 11) is 1.65. The summed E-state index contributed by atoms with van der Waals surface area (Å²) in [4.78, 5) is 31.1. The normalized spacial score (nSPS) is 15.6. The van der Waals surface area contributed by atoms with Gasteiger partial charge in [-0.3, -0.25) is 9.59 Å². The zero-order valence-electron chi connectivity index (χ0n) is 18.2. The van der Waals surface area contributed by atoms with Crippen LogP contribution < -0.4 is 4.74 Å². The molecule has 2 heterocycles. The van der Waals surface area contributed by atoms with Crippen LogP contribution >= 0.6 is 11.3 Å². The lowest BCUT2D eigenvalue weighted by molar-refractivity contribution is -0.141. The second-order valence-corrected chi connectivity index (χ2v) is 8.73.